The van der Waals surface area contributed by atoms with Gasteiger partial charge >= 0.3 is 6.09 Å². The van der Waals surface area contributed by atoms with Crippen LogP contribution in [0.25, 0.3) is 11.1 Å². The van der Waals surface area contributed by atoms with Crippen LogP contribution >= 0.6 is 0 Å². The fourth-order valence-electron chi connectivity index (χ4n) is 6.01. The van der Waals surface area contributed by atoms with Crippen LogP contribution in [0.1, 0.15) is 42.0 Å². The van der Waals surface area contributed by atoms with E-state index in [2.05, 4.69) is 16.0 Å². The highest BCUT2D eigenvalue weighted by atomic mass is 16.5. The first-order valence-electron chi connectivity index (χ1n) is 13.4. The Morgan fingerprint density at radius 1 is 0.975 bits per heavy atom. The number of hydrogen-bond acceptors (Lipinski definition) is 5. The molecule has 2 fully saturated rings. The van der Waals surface area contributed by atoms with Gasteiger partial charge in [0.1, 0.15) is 12.1 Å². The molecule has 9 nitrogen and oxygen atoms in total. The van der Waals surface area contributed by atoms with E-state index in [0.717, 1.165) is 40.8 Å². The lowest BCUT2D eigenvalue weighted by Gasteiger charge is -2.28. The number of methoxy groups -OCH3 is 1. The summed E-state index contributed by atoms with van der Waals surface area (Å²) in [6, 6.07) is 19.1. The molecule has 0 aromatic heterocycles. The third kappa shape index (κ3) is 4.79. The van der Waals surface area contributed by atoms with Gasteiger partial charge in [-0.1, -0.05) is 42.5 Å². The van der Waals surface area contributed by atoms with E-state index in [0.29, 0.717) is 37.0 Å². The molecule has 1 spiro atoms. The molecule has 0 bridgehead atoms. The molecule has 1 saturated carbocycles. The van der Waals surface area contributed by atoms with Crippen LogP contribution < -0.4 is 16.0 Å². The molecule has 0 unspecified atom stereocenters. The van der Waals surface area contributed by atoms with E-state index in [1.54, 1.807) is 29.2 Å². The van der Waals surface area contributed by atoms with Gasteiger partial charge in [0.25, 0.3) is 5.91 Å². The van der Waals surface area contributed by atoms with Crippen LogP contribution in [0.4, 0.5) is 16.2 Å². The van der Waals surface area contributed by atoms with Gasteiger partial charge in [-0.3, -0.25) is 14.4 Å². The van der Waals surface area contributed by atoms with Gasteiger partial charge < -0.3 is 25.6 Å². The molecule has 0 radical (unpaired) electrons. The molecule has 3 N–H and O–H groups in total. The van der Waals surface area contributed by atoms with Gasteiger partial charge in [-0.15, -0.1) is 0 Å². The van der Waals surface area contributed by atoms with Crippen LogP contribution in [0.3, 0.4) is 0 Å². The number of rotatable bonds is 7. The van der Waals surface area contributed by atoms with Crippen LogP contribution in [0, 0.1) is 5.41 Å². The second kappa shape index (κ2) is 10.1. The number of likely N-dealkylation sites (tertiary alicyclic amines) is 1. The molecule has 4 amide bonds. The Labute approximate surface area is 231 Å². The van der Waals surface area contributed by atoms with Crippen molar-refractivity contribution in [3.8, 4) is 11.1 Å². The summed E-state index contributed by atoms with van der Waals surface area (Å²) in [7, 11) is 1.25. The molecule has 1 heterocycles. The first-order chi connectivity index (χ1) is 19.4. The van der Waals surface area contributed by atoms with Crippen molar-refractivity contribution < 1.29 is 23.9 Å². The number of nitrogens with zero attached hydrogens (tertiary/aromatic N) is 1. The molecule has 3 aromatic rings. The maximum atomic E-state index is 13.9. The zero-order chi connectivity index (χ0) is 27.9. The maximum Gasteiger partial charge on any atom is 0.407 e. The summed E-state index contributed by atoms with van der Waals surface area (Å²) in [5, 5.41) is 8.40. The van der Waals surface area contributed by atoms with Crippen LogP contribution in [0.2, 0.25) is 0 Å². The highest BCUT2D eigenvalue weighted by molar-refractivity contribution is 5.99. The van der Waals surface area contributed by atoms with Crippen molar-refractivity contribution >= 4 is 35.7 Å². The lowest BCUT2D eigenvalue weighted by Crippen LogP contribution is -2.48. The summed E-state index contributed by atoms with van der Waals surface area (Å²) in [4.78, 5) is 52.1. The van der Waals surface area contributed by atoms with Crippen molar-refractivity contribution in [3.05, 3.63) is 83.4 Å². The Kier molecular flexibility index (Phi) is 6.50. The van der Waals surface area contributed by atoms with Crippen LogP contribution in [-0.4, -0.2) is 48.9 Å². The van der Waals surface area contributed by atoms with Crippen LogP contribution in [0.5, 0.6) is 0 Å². The highest BCUT2D eigenvalue weighted by Crippen LogP contribution is 2.55. The molecule has 3 aliphatic rings. The van der Waals surface area contributed by atoms with Gasteiger partial charge in [-0.05, 0) is 83.2 Å². The van der Waals surface area contributed by atoms with E-state index in [4.69, 9.17) is 4.74 Å². The smallest absolute Gasteiger partial charge is 0.407 e. The third-order valence-corrected chi connectivity index (χ3v) is 8.25. The standard InChI is InChI=1S/C31H30N4O5/c1-40-30(39)34-27(19-5-3-2-4-6-19)29(38)35-17-31(11-12-31)16-26(35)28(37)33-23-8-10-25-21(15-23)13-20-14-22(32-18-36)7-9-24(20)25/h2-10,14-15,18,26-27H,11-13,16-17H2,1H3,(H,32,36)(H,33,37)(H,34,39)/t26-,27+/m0/s1. The van der Waals surface area contributed by atoms with Gasteiger partial charge in [-0.25, -0.2) is 4.79 Å². The van der Waals surface area contributed by atoms with E-state index in [9.17, 15) is 19.2 Å². The summed E-state index contributed by atoms with van der Waals surface area (Å²) < 4.78 is 4.78. The summed E-state index contributed by atoms with van der Waals surface area (Å²) in [6.45, 7) is 0.479. The number of hydrogen-bond donors (Lipinski definition) is 3. The van der Waals surface area contributed by atoms with Crippen LogP contribution in [-0.2, 0) is 25.5 Å². The van der Waals surface area contributed by atoms with E-state index in [1.165, 1.54) is 7.11 Å². The number of benzene rings is 3. The molecular formula is C31H30N4O5. The number of carbonyl (C=O) groups is 4. The summed E-state index contributed by atoms with van der Waals surface area (Å²) in [6.07, 6.45) is 3.17. The highest BCUT2D eigenvalue weighted by Gasteiger charge is 2.56. The molecule has 1 saturated heterocycles. The van der Waals surface area contributed by atoms with Gasteiger partial charge in [0.15, 0.2) is 0 Å². The first-order valence-corrected chi connectivity index (χ1v) is 13.4. The molecule has 6 rings (SSSR count). The second-order valence-corrected chi connectivity index (χ2v) is 10.8. The second-order valence-electron chi connectivity index (χ2n) is 10.8. The van der Waals surface area contributed by atoms with Crippen molar-refractivity contribution in [1.29, 1.82) is 0 Å². The van der Waals surface area contributed by atoms with Crippen molar-refractivity contribution in [3.63, 3.8) is 0 Å². The quantitative estimate of drug-likeness (QED) is 0.304. The third-order valence-electron chi connectivity index (χ3n) is 8.25. The average Bonchev–Trinajstić information content (AvgIpc) is 3.46. The molecular weight excluding hydrogens is 508 g/mol. The summed E-state index contributed by atoms with van der Waals surface area (Å²) >= 11 is 0. The van der Waals surface area contributed by atoms with Crippen molar-refractivity contribution in [2.75, 3.05) is 24.3 Å². The van der Waals surface area contributed by atoms with Crippen molar-refractivity contribution in [2.24, 2.45) is 5.41 Å². The Morgan fingerprint density at radius 2 is 1.65 bits per heavy atom. The maximum absolute atomic E-state index is 13.9. The lowest BCUT2D eigenvalue weighted by molar-refractivity contribution is -0.138. The van der Waals surface area contributed by atoms with Crippen molar-refractivity contribution in [1.82, 2.24) is 10.2 Å². The Morgan fingerprint density at radius 3 is 2.30 bits per heavy atom. The monoisotopic (exact) mass is 538 g/mol. The van der Waals surface area contributed by atoms with E-state index in [-0.39, 0.29) is 17.2 Å². The van der Waals surface area contributed by atoms with Gasteiger partial charge in [0.05, 0.1) is 7.11 Å². The van der Waals surface area contributed by atoms with E-state index in [1.807, 2.05) is 42.5 Å². The molecule has 40 heavy (non-hydrogen) atoms. The minimum atomic E-state index is -0.963. The Hall–Kier alpha value is -4.66. The molecule has 2 atom stereocenters. The average molecular weight is 539 g/mol. The van der Waals surface area contributed by atoms with Gasteiger partial charge in [0, 0.05) is 17.9 Å². The first kappa shape index (κ1) is 25.6. The lowest BCUT2D eigenvalue weighted by atomic mass is 10.0. The largest absolute Gasteiger partial charge is 0.453 e. The zero-order valence-electron chi connectivity index (χ0n) is 22.1. The fraction of sp³-hybridized carbons (Fsp3) is 0.290. The minimum Gasteiger partial charge on any atom is -0.453 e. The molecule has 1 aliphatic heterocycles. The summed E-state index contributed by atoms with van der Waals surface area (Å²) in [5.41, 5.74) is 6.39. The summed E-state index contributed by atoms with van der Waals surface area (Å²) in [5.74, 6) is -0.570. The number of nitrogens with one attached hydrogen (secondary N) is 3. The number of ether oxygens (including phenoxy) is 1. The Balaban J connectivity index is 1.22. The SMILES string of the molecule is COC(=O)N[C@@H](C(=O)N1CC2(CC2)C[C@H]1C(=O)Nc1ccc2c(c1)Cc1cc(NC=O)ccc1-2)c1ccccc1. The normalized spacial score (nSPS) is 18.3. The number of alkyl carbamates (subject to hydrolysis) is 1. The topological polar surface area (TPSA) is 117 Å². The number of carbonyl (C=O) groups excluding carboxylic acids is 4. The minimum absolute atomic E-state index is 0.0446. The van der Waals surface area contributed by atoms with Crippen LogP contribution in [0.15, 0.2) is 66.7 Å². The van der Waals surface area contributed by atoms with E-state index >= 15 is 0 Å². The number of anilines is 2. The van der Waals surface area contributed by atoms with Gasteiger partial charge in [-0.2, -0.15) is 0 Å². The Bertz CT molecular complexity index is 1500. The van der Waals surface area contributed by atoms with E-state index < -0.39 is 18.2 Å². The predicted molar refractivity (Wildman–Crippen MR) is 150 cm³/mol. The van der Waals surface area contributed by atoms with Gasteiger partial charge in [0.2, 0.25) is 12.3 Å². The fourth-order valence-corrected chi connectivity index (χ4v) is 6.01. The number of amides is 4. The number of fused-ring (bicyclic) bond motifs is 3. The van der Waals surface area contributed by atoms with Crippen molar-refractivity contribution in [2.45, 2.75) is 37.8 Å². The zero-order valence-corrected chi connectivity index (χ0v) is 22.1. The molecule has 204 valence electrons. The molecule has 9 heteroatoms. The molecule has 3 aromatic carbocycles. The predicted octanol–water partition coefficient (Wildman–Crippen LogP) is 4.24. The molecule has 2 aliphatic carbocycles.